The highest BCUT2D eigenvalue weighted by Gasteiger charge is 2.16. The van der Waals surface area contributed by atoms with Crippen LogP contribution in [0, 0.1) is 10.1 Å². The van der Waals surface area contributed by atoms with Crippen molar-refractivity contribution in [2.75, 3.05) is 0 Å². The maximum Gasteiger partial charge on any atom is 0.269 e. The molecule has 0 radical (unpaired) electrons. The van der Waals surface area contributed by atoms with E-state index in [4.69, 9.17) is 0 Å². The Labute approximate surface area is 187 Å². The van der Waals surface area contributed by atoms with E-state index in [2.05, 4.69) is 26.6 Å². The van der Waals surface area contributed by atoms with Crippen LogP contribution in [-0.4, -0.2) is 16.7 Å². The molecule has 0 bridgehead atoms. The monoisotopic (exact) mass is 479 g/mol. The third kappa shape index (κ3) is 6.35. The van der Waals surface area contributed by atoms with Gasteiger partial charge in [-0.1, -0.05) is 58.4 Å². The van der Waals surface area contributed by atoms with E-state index in [0.29, 0.717) is 6.54 Å². The van der Waals surface area contributed by atoms with Crippen LogP contribution in [0.1, 0.15) is 21.5 Å². The second-order valence-electron chi connectivity index (χ2n) is 6.54. The molecule has 0 aliphatic carbocycles. The van der Waals surface area contributed by atoms with Gasteiger partial charge in [0, 0.05) is 28.7 Å². The fourth-order valence-electron chi connectivity index (χ4n) is 2.69. The number of non-ortho nitro benzene ring substituents is 1. The second-order valence-corrected chi connectivity index (χ2v) is 7.45. The molecule has 2 amide bonds. The molecule has 0 unspecified atom stereocenters. The molecule has 156 valence electrons. The van der Waals surface area contributed by atoms with Crippen molar-refractivity contribution in [2.24, 2.45) is 0 Å². The molecule has 7 nitrogen and oxygen atoms in total. The maximum absolute atomic E-state index is 12.8. The molecule has 3 aromatic rings. The van der Waals surface area contributed by atoms with Crippen molar-refractivity contribution in [3.63, 3.8) is 0 Å². The molecule has 3 aromatic carbocycles. The van der Waals surface area contributed by atoms with Gasteiger partial charge in [-0.15, -0.1) is 0 Å². The molecule has 31 heavy (non-hydrogen) atoms. The molecule has 8 heteroatoms. The third-order valence-electron chi connectivity index (χ3n) is 4.31. The minimum atomic E-state index is -0.548. The molecule has 0 saturated heterocycles. The molecule has 0 fully saturated rings. The summed E-state index contributed by atoms with van der Waals surface area (Å²) in [6.45, 7) is 0.296. The molecular weight excluding hydrogens is 462 g/mol. The van der Waals surface area contributed by atoms with Crippen molar-refractivity contribution < 1.29 is 14.5 Å². The van der Waals surface area contributed by atoms with Crippen LogP contribution in [0.15, 0.2) is 89.0 Å². The number of hydrogen-bond donors (Lipinski definition) is 2. The van der Waals surface area contributed by atoms with Crippen LogP contribution in [0.5, 0.6) is 0 Å². The Morgan fingerprint density at radius 1 is 0.935 bits per heavy atom. The van der Waals surface area contributed by atoms with E-state index >= 15 is 0 Å². The fourth-order valence-corrected chi connectivity index (χ4v) is 2.95. The first kappa shape index (κ1) is 21.9. The zero-order chi connectivity index (χ0) is 22.2. The summed E-state index contributed by atoms with van der Waals surface area (Å²) in [5.74, 6) is -1.00. The highest BCUT2D eigenvalue weighted by atomic mass is 79.9. The minimum Gasteiger partial charge on any atom is -0.347 e. The predicted molar refractivity (Wildman–Crippen MR) is 121 cm³/mol. The van der Waals surface area contributed by atoms with Gasteiger partial charge in [-0.05, 0) is 41.5 Å². The Morgan fingerprint density at radius 2 is 1.58 bits per heavy atom. The zero-order valence-electron chi connectivity index (χ0n) is 16.2. The van der Waals surface area contributed by atoms with Crippen LogP contribution < -0.4 is 10.6 Å². The van der Waals surface area contributed by atoms with Crippen LogP contribution >= 0.6 is 15.9 Å². The summed E-state index contributed by atoms with van der Waals surface area (Å²) in [6, 6.07) is 21.8. The SMILES string of the molecule is O=C(NCc1ccccc1)C(=Cc1ccc(Br)cc1)NC(=O)c1ccc([N+](=O)[O-])cc1. The number of nitrogens with zero attached hydrogens (tertiary/aromatic N) is 1. The van der Waals surface area contributed by atoms with E-state index in [-0.39, 0.29) is 16.9 Å². The van der Waals surface area contributed by atoms with Gasteiger partial charge in [-0.2, -0.15) is 0 Å². The lowest BCUT2D eigenvalue weighted by Crippen LogP contribution is -2.34. The first-order valence-electron chi connectivity index (χ1n) is 9.27. The Kier molecular flexibility index (Phi) is 7.29. The molecule has 0 heterocycles. The first-order chi connectivity index (χ1) is 14.9. The first-order valence-corrected chi connectivity index (χ1v) is 10.1. The summed E-state index contributed by atoms with van der Waals surface area (Å²) in [7, 11) is 0. The number of amides is 2. The van der Waals surface area contributed by atoms with Gasteiger partial charge in [-0.3, -0.25) is 19.7 Å². The number of carbonyl (C=O) groups excluding carboxylic acids is 2. The van der Waals surface area contributed by atoms with Gasteiger partial charge in [0.05, 0.1) is 4.92 Å². The zero-order valence-corrected chi connectivity index (χ0v) is 17.8. The van der Waals surface area contributed by atoms with E-state index in [9.17, 15) is 19.7 Å². The van der Waals surface area contributed by atoms with Crippen LogP contribution in [0.3, 0.4) is 0 Å². The average molecular weight is 480 g/mol. The van der Waals surface area contributed by atoms with Gasteiger partial charge >= 0.3 is 0 Å². The number of nitrogens with one attached hydrogen (secondary N) is 2. The van der Waals surface area contributed by atoms with E-state index in [1.165, 1.54) is 24.3 Å². The Hall–Kier alpha value is -3.78. The number of nitro benzene ring substituents is 1. The second kappa shape index (κ2) is 10.3. The fraction of sp³-hybridized carbons (Fsp3) is 0.0435. The van der Waals surface area contributed by atoms with Crippen molar-refractivity contribution in [3.05, 3.63) is 116 Å². The largest absolute Gasteiger partial charge is 0.347 e. The lowest BCUT2D eigenvalue weighted by atomic mass is 10.1. The summed E-state index contributed by atoms with van der Waals surface area (Å²) in [5.41, 5.74) is 1.77. The summed E-state index contributed by atoms with van der Waals surface area (Å²) in [4.78, 5) is 35.7. The van der Waals surface area contributed by atoms with E-state index in [0.717, 1.165) is 15.6 Å². The van der Waals surface area contributed by atoms with E-state index < -0.39 is 16.7 Å². The molecule has 0 spiro atoms. The topological polar surface area (TPSA) is 101 Å². The van der Waals surface area contributed by atoms with Crippen LogP contribution in [0.2, 0.25) is 0 Å². The average Bonchev–Trinajstić information content (AvgIpc) is 2.79. The van der Waals surface area contributed by atoms with Crippen molar-refractivity contribution >= 4 is 39.5 Å². The molecule has 0 atom stereocenters. The van der Waals surface area contributed by atoms with Crippen molar-refractivity contribution in [1.29, 1.82) is 0 Å². The Morgan fingerprint density at radius 3 is 2.19 bits per heavy atom. The standard InChI is InChI=1S/C23H18BrN3O4/c24-19-10-6-16(7-11-19)14-21(23(29)25-15-17-4-2-1-3-5-17)26-22(28)18-8-12-20(13-9-18)27(30)31/h1-14H,15H2,(H,25,29)(H,26,28). The van der Waals surface area contributed by atoms with Crippen molar-refractivity contribution in [1.82, 2.24) is 10.6 Å². The number of hydrogen-bond acceptors (Lipinski definition) is 4. The number of carbonyl (C=O) groups is 2. The number of rotatable bonds is 7. The lowest BCUT2D eigenvalue weighted by Gasteiger charge is -2.11. The Balaban J connectivity index is 1.80. The van der Waals surface area contributed by atoms with Gasteiger partial charge in [-0.25, -0.2) is 0 Å². The third-order valence-corrected chi connectivity index (χ3v) is 4.84. The maximum atomic E-state index is 12.8. The molecule has 3 rings (SSSR count). The van der Waals surface area contributed by atoms with Gasteiger partial charge in [0.15, 0.2) is 0 Å². The number of benzene rings is 3. The van der Waals surface area contributed by atoms with Crippen LogP contribution in [0.4, 0.5) is 5.69 Å². The molecule has 0 aliphatic heterocycles. The smallest absolute Gasteiger partial charge is 0.269 e. The molecule has 0 saturated carbocycles. The highest BCUT2D eigenvalue weighted by molar-refractivity contribution is 9.10. The van der Waals surface area contributed by atoms with Gasteiger partial charge in [0.1, 0.15) is 5.70 Å². The van der Waals surface area contributed by atoms with Crippen LogP contribution in [-0.2, 0) is 11.3 Å². The summed E-state index contributed by atoms with van der Waals surface area (Å²) in [5, 5.41) is 16.2. The molecule has 0 aliphatic rings. The lowest BCUT2D eigenvalue weighted by molar-refractivity contribution is -0.384. The van der Waals surface area contributed by atoms with E-state index in [1.54, 1.807) is 18.2 Å². The van der Waals surface area contributed by atoms with Gasteiger partial charge in [0.2, 0.25) is 0 Å². The molecule has 2 N–H and O–H groups in total. The summed E-state index contributed by atoms with van der Waals surface area (Å²) < 4.78 is 0.884. The van der Waals surface area contributed by atoms with Gasteiger partial charge < -0.3 is 10.6 Å². The summed E-state index contributed by atoms with van der Waals surface area (Å²) in [6.07, 6.45) is 1.57. The predicted octanol–water partition coefficient (Wildman–Crippen LogP) is 4.44. The summed E-state index contributed by atoms with van der Waals surface area (Å²) >= 11 is 3.36. The molecular formula is C23H18BrN3O4. The molecule has 0 aromatic heterocycles. The normalized spacial score (nSPS) is 10.9. The van der Waals surface area contributed by atoms with Crippen LogP contribution in [0.25, 0.3) is 6.08 Å². The van der Waals surface area contributed by atoms with Gasteiger partial charge in [0.25, 0.3) is 17.5 Å². The minimum absolute atomic E-state index is 0.0570. The number of halogens is 1. The van der Waals surface area contributed by atoms with Crippen molar-refractivity contribution in [3.8, 4) is 0 Å². The highest BCUT2D eigenvalue weighted by Crippen LogP contribution is 2.15. The quantitative estimate of drug-likeness (QED) is 0.297. The Bertz CT molecular complexity index is 1110. The number of nitro groups is 1. The van der Waals surface area contributed by atoms with Crippen molar-refractivity contribution in [2.45, 2.75) is 6.54 Å². The van der Waals surface area contributed by atoms with E-state index in [1.807, 2.05) is 42.5 Å².